The van der Waals surface area contributed by atoms with Crippen LogP contribution in [0.3, 0.4) is 0 Å². The highest BCUT2D eigenvalue weighted by Crippen LogP contribution is 2.12. The van der Waals surface area contributed by atoms with Gasteiger partial charge in [0, 0.05) is 18.5 Å². The molecule has 1 amide bonds. The molecule has 0 aliphatic rings. The monoisotopic (exact) mass is 317 g/mol. The number of fused-ring (bicyclic) bond motifs is 1. The Bertz CT molecular complexity index is 732. The number of aromatic nitrogens is 1. The Hall–Kier alpha value is -2.50. The number of aromatic amines is 1. The van der Waals surface area contributed by atoms with E-state index in [-0.39, 0.29) is 5.56 Å². The molecule has 2 rings (SSSR count). The molecule has 0 bridgehead atoms. The smallest absolute Gasteiger partial charge is 0.407 e. The third-order valence-electron chi connectivity index (χ3n) is 3.09. The molecule has 3 N–H and O–H groups in total. The van der Waals surface area contributed by atoms with Crippen molar-refractivity contribution in [3.05, 3.63) is 40.7 Å². The normalized spacial score (nSPS) is 11.3. The van der Waals surface area contributed by atoms with Crippen LogP contribution in [-0.2, 0) is 4.74 Å². The fraction of sp³-hybridized carbons (Fsp3) is 0.412. The molecule has 0 saturated carbocycles. The highest BCUT2D eigenvalue weighted by atomic mass is 16.6. The molecule has 0 fully saturated rings. The van der Waals surface area contributed by atoms with Crippen molar-refractivity contribution in [3.63, 3.8) is 0 Å². The standard InChI is InChI=1S/C17H23N3O3/c1-17(2,3)23-16(22)19-10-6-9-18-14-11-12-7-4-5-8-13(12)15(21)20-14/h4-5,7-8,11H,6,9-10H2,1-3H3,(H,19,22)(H2,18,20,21). The SMILES string of the molecule is CC(C)(C)OC(=O)NCCCNc1cc2ccccc2c(=O)[nH]1. The number of nitrogens with one attached hydrogen (secondary N) is 3. The predicted octanol–water partition coefficient (Wildman–Crippen LogP) is 2.85. The second-order valence-electron chi connectivity index (χ2n) is 6.31. The number of rotatable bonds is 5. The van der Waals surface area contributed by atoms with Crippen molar-refractivity contribution in [2.24, 2.45) is 0 Å². The van der Waals surface area contributed by atoms with Gasteiger partial charge in [0.25, 0.3) is 5.56 Å². The van der Waals surface area contributed by atoms with Gasteiger partial charge in [0.15, 0.2) is 0 Å². The van der Waals surface area contributed by atoms with Gasteiger partial charge in [0.05, 0.1) is 0 Å². The lowest BCUT2D eigenvalue weighted by molar-refractivity contribution is 0.0528. The summed E-state index contributed by atoms with van der Waals surface area (Å²) in [5, 5.41) is 7.41. The number of hydrogen-bond acceptors (Lipinski definition) is 4. The Morgan fingerprint density at radius 1 is 1.22 bits per heavy atom. The fourth-order valence-corrected chi connectivity index (χ4v) is 2.12. The average Bonchev–Trinajstić information content (AvgIpc) is 2.45. The van der Waals surface area contributed by atoms with Crippen LogP contribution < -0.4 is 16.2 Å². The molecule has 1 aromatic carbocycles. The molecule has 0 aliphatic carbocycles. The van der Waals surface area contributed by atoms with Gasteiger partial charge in [-0.15, -0.1) is 0 Å². The van der Waals surface area contributed by atoms with Gasteiger partial charge in [-0.1, -0.05) is 18.2 Å². The number of H-pyrrole nitrogens is 1. The quantitative estimate of drug-likeness (QED) is 0.741. The van der Waals surface area contributed by atoms with Crippen LogP contribution in [0.1, 0.15) is 27.2 Å². The Balaban J connectivity index is 1.79. The van der Waals surface area contributed by atoms with E-state index in [2.05, 4.69) is 15.6 Å². The van der Waals surface area contributed by atoms with Gasteiger partial charge in [-0.3, -0.25) is 4.79 Å². The molecule has 6 nitrogen and oxygen atoms in total. The van der Waals surface area contributed by atoms with Gasteiger partial charge in [0.1, 0.15) is 11.4 Å². The van der Waals surface area contributed by atoms with Crippen LogP contribution >= 0.6 is 0 Å². The summed E-state index contributed by atoms with van der Waals surface area (Å²) < 4.78 is 5.15. The molecule has 0 atom stereocenters. The first-order chi connectivity index (χ1) is 10.8. The van der Waals surface area contributed by atoms with E-state index in [1.807, 2.05) is 45.0 Å². The second-order valence-corrected chi connectivity index (χ2v) is 6.31. The number of anilines is 1. The first kappa shape index (κ1) is 16.9. The zero-order valence-corrected chi connectivity index (χ0v) is 13.7. The summed E-state index contributed by atoms with van der Waals surface area (Å²) in [6.45, 7) is 6.60. The van der Waals surface area contributed by atoms with Gasteiger partial charge in [-0.05, 0) is 44.7 Å². The minimum Gasteiger partial charge on any atom is -0.444 e. The van der Waals surface area contributed by atoms with Gasteiger partial charge >= 0.3 is 6.09 Å². The molecule has 6 heteroatoms. The van der Waals surface area contributed by atoms with Gasteiger partial charge < -0.3 is 20.4 Å². The summed E-state index contributed by atoms with van der Waals surface area (Å²) in [4.78, 5) is 26.2. The second kappa shape index (κ2) is 7.17. The van der Waals surface area contributed by atoms with Gasteiger partial charge in [-0.25, -0.2) is 4.79 Å². The lowest BCUT2D eigenvalue weighted by Gasteiger charge is -2.19. The summed E-state index contributed by atoms with van der Waals surface area (Å²) in [7, 11) is 0. The zero-order chi connectivity index (χ0) is 16.9. The van der Waals surface area contributed by atoms with Crippen LogP contribution in [-0.4, -0.2) is 29.8 Å². The Morgan fingerprint density at radius 2 is 1.96 bits per heavy atom. The molecule has 23 heavy (non-hydrogen) atoms. The first-order valence-electron chi connectivity index (χ1n) is 7.68. The van der Waals surface area contributed by atoms with Crippen LogP contribution in [0.2, 0.25) is 0 Å². The number of alkyl carbamates (subject to hydrolysis) is 1. The van der Waals surface area contributed by atoms with E-state index >= 15 is 0 Å². The number of amides is 1. The number of carbonyl (C=O) groups excluding carboxylic acids is 1. The maximum atomic E-state index is 11.9. The van der Waals surface area contributed by atoms with Crippen LogP contribution in [0.15, 0.2) is 35.1 Å². The Morgan fingerprint density at radius 3 is 2.70 bits per heavy atom. The zero-order valence-electron chi connectivity index (χ0n) is 13.7. The van der Waals surface area contributed by atoms with Crippen molar-refractivity contribution in [1.29, 1.82) is 0 Å². The van der Waals surface area contributed by atoms with Crippen LogP contribution in [0.5, 0.6) is 0 Å². The third kappa shape index (κ3) is 5.32. The molecule has 1 heterocycles. The lowest BCUT2D eigenvalue weighted by atomic mass is 10.2. The molecule has 0 radical (unpaired) electrons. The van der Waals surface area contributed by atoms with Crippen molar-refractivity contribution in [1.82, 2.24) is 10.3 Å². The molecular weight excluding hydrogens is 294 g/mol. The fourth-order valence-electron chi connectivity index (χ4n) is 2.12. The Kier molecular flexibility index (Phi) is 5.26. The van der Waals surface area contributed by atoms with E-state index < -0.39 is 11.7 Å². The summed E-state index contributed by atoms with van der Waals surface area (Å²) in [6, 6.07) is 9.34. The van der Waals surface area contributed by atoms with Crippen LogP contribution in [0.4, 0.5) is 10.6 Å². The van der Waals surface area contributed by atoms with E-state index in [0.29, 0.717) is 30.7 Å². The van der Waals surface area contributed by atoms with Crippen molar-refractivity contribution in [2.45, 2.75) is 32.8 Å². The van der Waals surface area contributed by atoms with Crippen molar-refractivity contribution < 1.29 is 9.53 Å². The number of carbonyl (C=O) groups is 1. The summed E-state index contributed by atoms with van der Waals surface area (Å²) in [5.41, 5.74) is -0.607. The molecule has 0 spiro atoms. The minimum atomic E-state index is -0.493. The van der Waals surface area contributed by atoms with E-state index in [1.165, 1.54) is 0 Å². The molecule has 124 valence electrons. The number of hydrogen-bond donors (Lipinski definition) is 3. The minimum absolute atomic E-state index is 0.113. The average molecular weight is 317 g/mol. The molecule has 0 saturated heterocycles. The number of pyridine rings is 1. The largest absolute Gasteiger partial charge is 0.444 e. The van der Waals surface area contributed by atoms with E-state index in [4.69, 9.17) is 4.74 Å². The van der Waals surface area contributed by atoms with Crippen LogP contribution in [0.25, 0.3) is 10.8 Å². The molecule has 0 unspecified atom stereocenters. The molecule has 0 aliphatic heterocycles. The maximum Gasteiger partial charge on any atom is 0.407 e. The lowest BCUT2D eigenvalue weighted by Crippen LogP contribution is -2.33. The van der Waals surface area contributed by atoms with Gasteiger partial charge in [-0.2, -0.15) is 0 Å². The molecule has 1 aromatic heterocycles. The topological polar surface area (TPSA) is 83.2 Å². The highest BCUT2D eigenvalue weighted by molar-refractivity contribution is 5.83. The van der Waals surface area contributed by atoms with E-state index in [9.17, 15) is 9.59 Å². The predicted molar refractivity (Wildman–Crippen MR) is 91.9 cm³/mol. The third-order valence-corrected chi connectivity index (χ3v) is 3.09. The number of benzene rings is 1. The van der Waals surface area contributed by atoms with E-state index in [0.717, 1.165) is 5.39 Å². The van der Waals surface area contributed by atoms with Gasteiger partial charge in [0.2, 0.25) is 0 Å². The maximum absolute atomic E-state index is 11.9. The van der Waals surface area contributed by atoms with Crippen LogP contribution in [0, 0.1) is 0 Å². The van der Waals surface area contributed by atoms with Crippen molar-refractivity contribution >= 4 is 22.7 Å². The molecular formula is C17H23N3O3. The van der Waals surface area contributed by atoms with Crippen molar-refractivity contribution in [2.75, 3.05) is 18.4 Å². The summed E-state index contributed by atoms with van der Waals surface area (Å²) in [6.07, 6.45) is 0.297. The summed E-state index contributed by atoms with van der Waals surface area (Å²) >= 11 is 0. The number of ether oxygens (including phenoxy) is 1. The van der Waals surface area contributed by atoms with E-state index in [1.54, 1.807) is 6.07 Å². The highest BCUT2D eigenvalue weighted by Gasteiger charge is 2.15. The van der Waals surface area contributed by atoms with Crippen molar-refractivity contribution in [3.8, 4) is 0 Å². The molecule has 2 aromatic rings. The Labute approximate surface area is 135 Å². The first-order valence-corrected chi connectivity index (χ1v) is 7.68. The summed E-state index contributed by atoms with van der Waals surface area (Å²) in [5.74, 6) is 0.672.